The Kier molecular flexibility index (Phi) is 4.54. The monoisotopic (exact) mass is 212 g/mol. The van der Waals surface area contributed by atoms with Crippen LogP contribution in [0.4, 0.5) is 4.39 Å². The van der Waals surface area contributed by atoms with E-state index in [2.05, 4.69) is 0 Å². The summed E-state index contributed by atoms with van der Waals surface area (Å²) < 4.78 is 43.8. The molecule has 0 aliphatic rings. The molecule has 0 fully saturated rings. The second-order valence-corrected chi connectivity index (χ2v) is 3.74. The van der Waals surface area contributed by atoms with Gasteiger partial charge in [0.25, 0.3) is 0 Å². The molecular weight excluding hydrogens is 206 g/mol. The van der Waals surface area contributed by atoms with Crippen LogP contribution >= 0.6 is 0 Å². The molecule has 0 unspecified atom stereocenters. The molecule has 0 bridgehead atoms. The fourth-order valence-electron chi connectivity index (χ4n) is 0.729. The Morgan fingerprint density at radius 1 is 1.38 bits per heavy atom. The average Bonchev–Trinajstić information content (AvgIpc) is 1.92. The van der Waals surface area contributed by atoms with Crippen molar-refractivity contribution in [1.29, 1.82) is 0 Å². The van der Waals surface area contributed by atoms with Crippen LogP contribution in [0.2, 0.25) is 0 Å². The fourth-order valence-corrected chi connectivity index (χ4v) is 1.21. The van der Waals surface area contributed by atoms with Gasteiger partial charge in [-0.25, -0.2) is 12.8 Å². The second kappa shape index (κ2) is 4.52. The van der Waals surface area contributed by atoms with E-state index in [0.717, 1.165) is 12.1 Å². The maximum Gasteiger partial charge on any atom is 1.00 e. The molecule has 0 aliphatic heterocycles. The first-order chi connectivity index (χ1) is 5.41. The van der Waals surface area contributed by atoms with Gasteiger partial charge in [-0.2, -0.15) is 0 Å². The van der Waals surface area contributed by atoms with Crippen molar-refractivity contribution in [2.75, 3.05) is 0 Å². The fraction of sp³-hybridized carbons (Fsp3) is 0.143. The predicted molar refractivity (Wildman–Crippen MR) is 39.1 cm³/mol. The Hall–Kier alpha value is 0.0600. The van der Waals surface area contributed by atoms with Gasteiger partial charge in [0, 0.05) is 0 Å². The number of hydrogen-bond acceptors (Lipinski definition) is 3. The third-order valence-electron chi connectivity index (χ3n) is 1.43. The van der Waals surface area contributed by atoms with Gasteiger partial charge in [0.2, 0.25) is 0 Å². The van der Waals surface area contributed by atoms with E-state index in [4.69, 9.17) is 0 Å². The van der Waals surface area contributed by atoms with Crippen molar-refractivity contribution in [1.82, 2.24) is 0 Å². The van der Waals surface area contributed by atoms with Gasteiger partial charge in [-0.15, -0.1) is 0 Å². The van der Waals surface area contributed by atoms with Crippen LogP contribution in [0.15, 0.2) is 23.1 Å². The summed E-state index contributed by atoms with van der Waals surface area (Å²) in [6.07, 6.45) is 0. The van der Waals surface area contributed by atoms with Crippen molar-refractivity contribution in [2.24, 2.45) is 0 Å². The zero-order chi connectivity index (χ0) is 9.35. The minimum atomic E-state index is -4.53. The summed E-state index contributed by atoms with van der Waals surface area (Å²) in [5.74, 6) is -0.688. The molecule has 6 heteroatoms. The minimum absolute atomic E-state index is 0. The van der Waals surface area contributed by atoms with Crippen LogP contribution in [-0.4, -0.2) is 13.0 Å². The van der Waals surface area contributed by atoms with Crippen LogP contribution in [-0.2, 0) is 10.1 Å². The molecule has 13 heavy (non-hydrogen) atoms. The van der Waals surface area contributed by atoms with E-state index in [-0.39, 0.29) is 29.6 Å². The number of aryl methyl sites for hydroxylation is 1. The Morgan fingerprint density at radius 2 is 1.92 bits per heavy atom. The zero-order valence-corrected chi connectivity index (χ0v) is 10.1. The van der Waals surface area contributed by atoms with Crippen LogP contribution in [0.1, 0.15) is 5.56 Å². The smallest absolute Gasteiger partial charge is 0.744 e. The van der Waals surface area contributed by atoms with Crippen LogP contribution in [0.25, 0.3) is 0 Å². The van der Waals surface area contributed by atoms with Crippen molar-refractivity contribution in [2.45, 2.75) is 11.8 Å². The molecule has 1 aromatic rings. The minimum Gasteiger partial charge on any atom is -0.744 e. The van der Waals surface area contributed by atoms with Crippen molar-refractivity contribution >= 4 is 10.1 Å². The van der Waals surface area contributed by atoms with E-state index in [1.165, 1.54) is 13.0 Å². The van der Waals surface area contributed by atoms with Crippen LogP contribution < -0.4 is 29.6 Å². The van der Waals surface area contributed by atoms with Gasteiger partial charge in [-0.05, 0) is 24.6 Å². The number of halogens is 1. The summed E-state index contributed by atoms with van der Waals surface area (Å²) in [7, 11) is -4.53. The molecular formula is C7H6FNaO3S. The van der Waals surface area contributed by atoms with Crippen molar-refractivity contribution in [3.05, 3.63) is 29.6 Å². The molecule has 0 amide bonds. The quantitative estimate of drug-likeness (QED) is 0.401. The van der Waals surface area contributed by atoms with Crippen LogP contribution in [0.3, 0.4) is 0 Å². The summed E-state index contributed by atoms with van der Waals surface area (Å²) in [4.78, 5) is -0.536. The van der Waals surface area contributed by atoms with Gasteiger partial charge in [0.15, 0.2) is 0 Å². The standard InChI is InChI=1S/C7H7FO3S.Na/c1-5-2-3-6(4-7(5)8)12(9,10)11;/h2-4H,1H3,(H,9,10,11);/q;+1/p-1. The SMILES string of the molecule is Cc1ccc(S(=O)(=O)[O-])cc1F.[Na+]. The number of rotatable bonds is 1. The first-order valence-corrected chi connectivity index (χ1v) is 4.54. The Morgan fingerprint density at radius 3 is 2.31 bits per heavy atom. The summed E-state index contributed by atoms with van der Waals surface area (Å²) in [6, 6.07) is 3.05. The molecule has 0 aliphatic carbocycles. The molecule has 0 spiro atoms. The largest absolute Gasteiger partial charge is 1.00 e. The third-order valence-corrected chi connectivity index (χ3v) is 2.26. The number of hydrogen-bond donors (Lipinski definition) is 0. The normalized spacial score (nSPS) is 10.7. The molecule has 1 aromatic carbocycles. The summed E-state index contributed by atoms with van der Waals surface area (Å²) >= 11 is 0. The van der Waals surface area contributed by atoms with E-state index in [1.807, 2.05) is 0 Å². The molecule has 1 rings (SSSR count). The molecule has 0 radical (unpaired) electrons. The summed E-state index contributed by atoms with van der Waals surface area (Å²) in [6.45, 7) is 1.48. The predicted octanol–water partition coefficient (Wildman–Crippen LogP) is -1.96. The molecule has 0 saturated heterocycles. The molecule has 0 aromatic heterocycles. The molecule has 0 saturated carbocycles. The van der Waals surface area contributed by atoms with E-state index in [9.17, 15) is 17.4 Å². The molecule has 0 atom stereocenters. The van der Waals surface area contributed by atoms with Crippen molar-refractivity contribution < 1.29 is 46.9 Å². The van der Waals surface area contributed by atoms with Crippen LogP contribution in [0.5, 0.6) is 0 Å². The first kappa shape index (κ1) is 13.1. The second-order valence-electron chi connectivity index (χ2n) is 2.37. The van der Waals surface area contributed by atoms with E-state index >= 15 is 0 Å². The van der Waals surface area contributed by atoms with Crippen molar-refractivity contribution in [3.8, 4) is 0 Å². The summed E-state index contributed by atoms with van der Waals surface area (Å²) in [5.41, 5.74) is 0.308. The Labute approximate surface area is 98.0 Å². The van der Waals surface area contributed by atoms with Gasteiger partial charge in [-0.3, -0.25) is 0 Å². The molecule has 66 valence electrons. The topological polar surface area (TPSA) is 57.2 Å². The first-order valence-electron chi connectivity index (χ1n) is 3.13. The molecule has 0 N–H and O–H groups in total. The van der Waals surface area contributed by atoms with Gasteiger partial charge < -0.3 is 4.55 Å². The van der Waals surface area contributed by atoms with E-state index < -0.39 is 20.8 Å². The van der Waals surface area contributed by atoms with E-state index in [1.54, 1.807) is 0 Å². The van der Waals surface area contributed by atoms with Gasteiger partial charge in [0.1, 0.15) is 15.9 Å². The Balaban J connectivity index is 0.00000144. The third kappa shape index (κ3) is 3.36. The zero-order valence-electron chi connectivity index (χ0n) is 7.24. The van der Waals surface area contributed by atoms with Gasteiger partial charge >= 0.3 is 29.6 Å². The summed E-state index contributed by atoms with van der Waals surface area (Å²) in [5, 5.41) is 0. The molecule has 3 nitrogen and oxygen atoms in total. The molecule has 0 heterocycles. The van der Waals surface area contributed by atoms with Crippen LogP contribution in [0, 0.1) is 12.7 Å². The van der Waals surface area contributed by atoms with E-state index in [0.29, 0.717) is 5.56 Å². The van der Waals surface area contributed by atoms with Gasteiger partial charge in [-0.1, -0.05) is 6.07 Å². The van der Waals surface area contributed by atoms with Crippen molar-refractivity contribution in [3.63, 3.8) is 0 Å². The average molecular weight is 212 g/mol. The Bertz CT molecular complexity index is 402. The maximum atomic E-state index is 12.7. The maximum absolute atomic E-state index is 12.7. The van der Waals surface area contributed by atoms with Gasteiger partial charge in [0.05, 0.1) is 4.90 Å². The number of benzene rings is 1.